The summed E-state index contributed by atoms with van der Waals surface area (Å²) in [4.78, 5) is 18.7. The maximum absolute atomic E-state index is 12.0. The van der Waals surface area contributed by atoms with E-state index in [1.54, 1.807) is 11.3 Å². The highest BCUT2D eigenvalue weighted by Gasteiger charge is 2.14. The Kier molecular flexibility index (Phi) is 6.35. The molecule has 0 saturated heterocycles. The van der Waals surface area contributed by atoms with E-state index in [0.717, 1.165) is 34.6 Å². The van der Waals surface area contributed by atoms with Crippen LogP contribution in [0.1, 0.15) is 35.2 Å². The average molecular weight is 424 g/mol. The minimum absolute atomic E-state index is 0.0895. The number of likely N-dealkylation sites (N-methyl/N-ethyl adjacent to an activating group) is 1. The van der Waals surface area contributed by atoms with E-state index < -0.39 is 0 Å². The van der Waals surface area contributed by atoms with Crippen molar-refractivity contribution in [2.45, 2.75) is 25.7 Å². The fraction of sp³-hybridized carbons (Fsp3) is 0.364. The van der Waals surface area contributed by atoms with Gasteiger partial charge >= 0.3 is 0 Å². The number of hydrogen-bond acceptors (Lipinski definition) is 7. The van der Waals surface area contributed by atoms with Crippen LogP contribution in [0.15, 0.2) is 40.8 Å². The van der Waals surface area contributed by atoms with Crippen molar-refractivity contribution in [2.75, 3.05) is 27.2 Å². The maximum atomic E-state index is 12.0. The molecule has 0 atom stereocenters. The highest BCUT2D eigenvalue weighted by atomic mass is 32.1. The molecule has 0 radical (unpaired) electrons. The van der Waals surface area contributed by atoms with Gasteiger partial charge < -0.3 is 14.6 Å². The number of nitrogens with one attached hydrogen (secondary N) is 1. The first-order valence-electron chi connectivity index (χ1n) is 10.1. The van der Waals surface area contributed by atoms with E-state index in [2.05, 4.69) is 51.9 Å². The summed E-state index contributed by atoms with van der Waals surface area (Å²) >= 11 is 1.63. The molecule has 30 heavy (non-hydrogen) atoms. The summed E-state index contributed by atoms with van der Waals surface area (Å²) in [7, 11) is 3.92. The first kappa shape index (κ1) is 20.4. The van der Waals surface area contributed by atoms with Gasteiger partial charge in [0.15, 0.2) is 0 Å². The lowest BCUT2D eigenvalue weighted by Crippen LogP contribution is -2.32. The molecule has 156 valence electrons. The van der Waals surface area contributed by atoms with Gasteiger partial charge in [-0.1, -0.05) is 24.3 Å². The van der Waals surface area contributed by atoms with E-state index in [1.165, 1.54) is 11.1 Å². The molecule has 1 amide bonds. The van der Waals surface area contributed by atoms with E-state index in [4.69, 9.17) is 9.40 Å². The Hall–Kier alpha value is -2.84. The van der Waals surface area contributed by atoms with Gasteiger partial charge in [0, 0.05) is 13.1 Å². The van der Waals surface area contributed by atoms with Crippen LogP contribution >= 0.6 is 11.3 Å². The van der Waals surface area contributed by atoms with Crippen LogP contribution in [0.5, 0.6) is 0 Å². The predicted molar refractivity (Wildman–Crippen MR) is 118 cm³/mol. The van der Waals surface area contributed by atoms with Crippen LogP contribution in [0.3, 0.4) is 0 Å². The van der Waals surface area contributed by atoms with Crippen LogP contribution in [0.4, 0.5) is 0 Å². The summed E-state index contributed by atoms with van der Waals surface area (Å²) < 4.78 is 6.80. The second kappa shape index (κ2) is 9.32. The number of allylic oxidation sites excluding steroid dienone is 4. The molecule has 1 aliphatic carbocycles. The number of benzene rings is 1. The zero-order valence-corrected chi connectivity index (χ0v) is 18.0. The number of fused-ring (bicyclic) bond motifs is 1. The largest absolute Gasteiger partial charge is 0.424 e. The summed E-state index contributed by atoms with van der Waals surface area (Å²) in [6.07, 6.45) is 9.43. The first-order valence-corrected chi connectivity index (χ1v) is 10.9. The van der Waals surface area contributed by atoms with Gasteiger partial charge in [0.1, 0.15) is 11.4 Å². The second-order valence-electron chi connectivity index (χ2n) is 7.53. The lowest BCUT2D eigenvalue weighted by atomic mass is 10.00. The SMILES string of the molecule is CN(C)CCNC(=O)Cc1nnc(Cc2nc3ccc(C4=CCCC=C4)cc3s2)o1. The highest BCUT2D eigenvalue weighted by molar-refractivity contribution is 7.18. The van der Waals surface area contributed by atoms with Crippen molar-refractivity contribution in [1.29, 1.82) is 0 Å². The predicted octanol–water partition coefficient (Wildman–Crippen LogP) is 3.22. The third kappa shape index (κ3) is 5.20. The Balaban J connectivity index is 1.39. The van der Waals surface area contributed by atoms with Crippen LogP contribution in [0, 0.1) is 0 Å². The van der Waals surface area contributed by atoms with Crippen molar-refractivity contribution in [1.82, 2.24) is 25.4 Å². The van der Waals surface area contributed by atoms with E-state index in [-0.39, 0.29) is 12.3 Å². The summed E-state index contributed by atoms with van der Waals surface area (Å²) in [5, 5.41) is 11.8. The smallest absolute Gasteiger partial charge is 0.229 e. The quantitative estimate of drug-likeness (QED) is 0.599. The lowest BCUT2D eigenvalue weighted by molar-refractivity contribution is -0.120. The third-order valence-corrected chi connectivity index (χ3v) is 5.78. The van der Waals surface area contributed by atoms with E-state index >= 15 is 0 Å². The molecule has 8 heteroatoms. The molecular formula is C22H25N5O2S. The molecule has 0 aliphatic heterocycles. The molecule has 0 spiro atoms. The van der Waals surface area contributed by atoms with Crippen LogP contribution in [-0.2, 0) is 17.6 Å². The maximum Gasteiger partial charge on any atom is 0.229 e. The van der Waals surface area contributed by atoms with E-state index in [1.807, 2.05) is 19.0 Å². The summed E-state index contributed by atoms with van der Waals surface area (Å²) in [6.45, 7) is 1.38. The Morgan fingerprint density at radius 1 is 1.23 bits per heavy atom. The van der Waals surface area contributed by atoms with Crippen molar-refractivity contribution >= 4 is 33.0 Å². The average Bonchev–Trinajstić information content (AvgIpc) is 3.34. The van der Waals surface area contributed by atoms with E-state index in [0.29, 0.717) is 24.7 Å². The first-order chi connectivity index (χ1) is 14.6. The molecule has 3 aromatic rings. The van der Waals surface area contributed by atoms with Crippen LogP contribution in [0.25, 0.3) is 15.8 Å². The van der Waals surface area contributed by atoms with Crippen LogP contribution in [-0.4, -0.2) is 53.2 Å². The second-order valence-corrected chi connectivity index (χ2v) is 8.64. The van der Waals surface area contributed by atoms with Gasteiger partial charge in [0.05, 0.1) is 16.6 Å². The summed E-state index contributed by atoms with van der Waals surface area (Å²) in [6, 6.07) is 6.37. The Bertz CT molecular complexity index is 1100. The summed E-state index contributed by atoms with van der Waals surface area (Å²) in [5.41, 5.74) is 3.46. The number of carbonyl (C=O) groups is 1. The standard InChI is InChI=1S/C22H25N5O2S/c1-27(2)11-10-23-19(28)13-20-25-26-21(29-20)14-22-24-17-9-8-16(12-18(17)30-22)15-6-4-3-5-7-15/h4,6-9,12H,3,5,10-11,13-14H2,1-2H3,(H,23,28). The number of aromatic nitrogens is 3. The number of thiazole rings is 1. The molecule has 0 bridgehead atoms. The normalized spacial score (nSPS) is 13.8. The molecular weight excluding hydrogens is 398 g/mol. The van der Waals surface area contributed by atoms with Gasteiger partial charge in [-0.15, -0.1) is 21.5 Å². The van der Waals surface area contributed by atoms with Crippen molar-refractivity contribution < 1.29 is 9.21 Å². The van der Waals surface area contributed by atoms with Gasteiger partial charge in [-0.25, -0.2) is 4.98 Å². The van der Waals surface area contributed by atoms with Crippen LogP contribution in [0.2, 0.25) is 0 Å². The number of amides is 1. The molecule has 0 saturated carbocycles. The molecule has 0 unspecified atom stereocenters. The summed E-state index contributed by atoms with van der Waals surface area (Å²) in [5.74, 6) is 0.681. The van der Waals surface area contributed by atoms with Gasteiger partial charge in [-0.05, 0) is 50.2 Å². The lowest BCUT2D eigenvalue weighted by Gasteiger charge is -2.09. The Morgan fingerprint density at radius 3 is 2.90 bits per heavy atom. The number of hydrogen-bond donors (Lipinski definition) is 1. The topological polar surface area (TPSA) is 84.2 Å². The molecule has 2 heterocycles. The zero-order chi connectivity index (χ0) is 20.9. The van der Waals surface area contributed by atoms with Crippen molar-refractivity contribution in [3.63, 3.8) is 0 Å². The number of nitrogens with zero attached hydrogens (tertiary/aromatic N) is 4. The third-order valence-electron chi connectivity index (χ3n) is 4.77. The van der Waals surface area contributed by atoms with E-state index in [9.17, 15) is 4.79 Å². The monoisotopic (exact) mass is 423 g/mol. The minimum Gasteiger partial charge on any atom is -0.424 e. The Labute approximate surface area is 179 Å². The number of carbonyl (C=O) groups excluding carboxylic acids is 1. The van der Waals surface area contributed by atoms with Crippen molar-refractivity contribution in [3.8, 4) is 0 Å². The Morgan fingerprint density at radius 2 is 2.10 bits per heavy atom. The molecule has 4 rings (SSSR count). The molecule has 7 nitrogen and oxygen atoms in total. The highest BCUT2D eigenvalue weighted by Crippen LogP contribution is 2.29. The van der Waals surface area contributed by atoms with Gasteiger partial charge in [-0.3, -0.25) is 4.79 Å². The van der Waals surface area contributed by atoms with Crippen molar-refractivity contribution in [2.24, 2.45) is 0 Å². The van der Waals surface area contributed by atoms with Gasteiger partial charge in [0.2, 0.25) is 17.7 Å². The van der Waals surface area contributed by atoms with Crippen LogP contribution < -0.4 is 5.32 Å². The fourth-order valence-corrected chi connectivity index (χ4v) is 4.23. The molecule has 1 N–H and O–H groups in total. The van der Waals surface area contributed by atoms with Crippen molar-refractivity contribution in [3.05, 3.63) is 58.8 Å². The molecule has 2 aromatic heterocycles. The minimum atomic E-state index is -0.120. The fourth-order valence-electron chi connectivity index (χ4n) is 3.23. The number of rotatable bonds is 8. The zero-order valence-electron chi connectivity index (χ0n) is 17.2. The molecule has 1 aliphatic rings. The van der Waals surface area contributed by atoms with Gasteiger partial charge in [0.25, 0.3) is 0 Å². The van der Waals surface area contributed by atoms with Gasteiger partial charge in [-0.2, -0.15) is 0 Å². The molecule has 0 fully saturated rings. The molecule has 1 aromatic carbocycles.